The lowest BCUT2D eigenvalue weighted by atomic mass is 10.2. The summed E-state index contributed by atoms with van der Waals surface area (Å²) >= 11 is 9.00. The van der Waals surface area contributed by atoms with Crippen molar-refractivity contribution >= 4 is 33.4 Å². The zero-order valence-electron chi connectivity index (χ0n) is 12.6. The van der Waals surface area contributed by atoms with Gasteiger partial charge in [0.05, 0.1) is 10.9 Å². The predicted octanol–water partition coefficient (Wildman–Crippen LogP) is 3.92. The molecular weight excluding hydrogens is 417 g/mol. The van der Waals surface area contributed by atoms with Crippen LogP contribution < -0.4 is 5.73 Å². The molecule has 0 atom stereocenters. The first kappa shape index (κ1) is 18.9. The van der Waals surface area contributed by atoms with Crippen molar-refractivity contribution in [2.45, 2.75) is 5.33 Å². The van der Waals surface area contributed by atoms with E-state index in [-0.39, 0.29) is 11.3 Å². The van der Waals surface area contributed by atoms with Gasteiger partial charge in [0, 0.05) is 10.6 Å². The van der Waals surface area contributed by atoms with Gasteiger partial charge in [0.25, 0.3) is 5.91 Å². The van der Waals surface area contributed by atoms with E-state index in [9.17, 15) is 9.18 Å². The Labute approximate surface area is 155 Å². The molecule has 0 unspecified atom stereocenters. The van der Waals surface area contributed by atoms with Crippen molar-refractivity contribution in [1.29, 1.82) is 0 Å². The van der Waals surface area contributed by atoms with Gasteiger partial charge in [0.15, 0.2) is 0 Å². The minimum atomic E-state index is -0.890. The van der Waals surface area contributed by atoms with Gasteiger partial charge in [0.1, 0.15) is 11.6 Å². The number of aromatic nitrogens is 2. The van der Waals surface area contributed by atoms with Gasteiger partial charge in [-0.1, -0.05) is 32.7 Å². The highest BCUT2D eigenvalue weighted by Crippen LogP contribution is 2.19. The Bertz CT molecular complexity index is 871. The molecule has 3 aromatic rings. The summed E-state index contributed by atoms with van der Waals surface area (Å²) in [6, 6.07) is 10.4. The number of carbonyl (C=O) groups is 1. The van der Waals surface area contributed by atoms with Crippen molar-refractivity contribution in [2.75, 3.05) is 0 Å². The van der Waals surface area contributed by atoms with Gasteiger partial charge in [-0.05, 0) is 42.5 Å². The van der Waals surface area contributed by atoms with Gasteiger partial charge in [-0.2, -0.15) is 4.98 Å². The van der Waals surface area contributed by atoms with Gasteiger partial charge in [-0.3, -0.25) is 4.79 Å². The number of phenols is 1. The van der Waals surface area contributed by atoms with Crippen molar-refractivity contribution in [3.05, 3.63) is 64.8 Å². The van der Waals surface area contributed by atoms with Crippen LogP contribution in [0.2, 0.25) is 5.02 Å². The summed E-state index contributed by atoms with van der Waals surface area (Å²) in [4.78, 5) is 14.6. The first-order valence-corrected chi connectivity index (χ1v) is 8.33. The van der Waals surface area contributed by atoms with Crippen LogP contribution in [0.15, 0.2) is 47.0 Å². The van der Waals surface area contributed by atoms with Crippen LogP contribution >= 0.6 is 27.5 Å². The number of halogens is 3. The molecule has 0 aliphatic carbocycles. The molecule has 0 radical (unpaired) electrons. The molecular formula is C16H12BrClFN3O3. The maximum atomic E-state index is 12.6. The summed E-state index contributed by atoms with van der Waals surface area (Å²) in [7, 11) is 0. The molecule has 3 rings (SSSR count). The van der Waals surface area contributed by atoms with Crippen LogP contribution in [0.4, 0.5) is 4.39 Å². The molecule has 0 saturated carbocycles. The van der Waals surface area contributed by atoms with E-state index in [1.165, 1.54) is 0 Å². The summed E-state index contributed by atoms with van der Waals surface area (Å²) in [5.74, 6) is -0.653. The van der Waals surface area contributed by atoms with Crippen LogP contribution in [0.25, 0.3) is 11.4 Å². The average Bonchev–Trinajstić information content (AvgIpc) is 3.07. The molecule has 0 fully saturated rings. The molecule has 2 aromatic carbocycles. The van der Waals surface area contributed by atoms with E-state index in [4.69, 9.17) is 27.0 Å². The second kappa shape index (κ2) is 8.59. The first-order chi connectivity index (χ1) is 11.9. The normalized spacial score (nSPS) is 10.0. The number of hydrogen-bond acceptors (Lipinski definition) is 5. The second-order valence-electron chi connectivity index (χ2n) is 4.68. The smallest absolute Gasteiger partial charge is 0.251 e. The third kappa shape index (κ3) is 5.27. The van der Waals surface area contributed by atoms with Crippen LogP contribution in [0.3, 0.4) is 0 Å². The number of rotatable bonds is 3. The topological polar surface area (TPSA) is 102 Å². The number of hydrogen-bond donors (Lipinski definition) is 2. The molecule has 0 aliphatic rings. The van der Waals surface area contributed by atoms with Crippen molar-refractivity contribution < 1.29 is 18.8 Å². The van der Waals surface area contributed by atoms with E-state index in [2.05, 4.69) is 26.1 Å². The van der Waals surface area contributed by atoms with E-state index in [1.54, 1.807) is 12.1 Å². The quantitative estimate of drug-likeness (QED) is 0.616. The molecule has 1 aromatic heterocycles. The predicted molar refractivity (Wildman–Crippen MR) is 94.0 cm³/mol. The van der Waals surface area contributed by atoms with Gasteiger partial charge >= 0.3 is 0 Å². The van der Waals surface area contributed by atoms with Crippen molar-refractivity contribution in [3.63, 3.8) is 0 Å². The van der Waals surface area contributed by atoms with Crippen LogP contribution in [0.5, 0.6) is 5.75 Å². The minimum Gasteiger partial charge on any atom is -0.508 e. The summed E-state index contributed by atoms with van der Waals surface area (Å²) in [6.07, 6.45) is 0. The number of phenolic OH excluding ortho intramolecular Hbond substituents is 1. The SMILES string of the molecule is Clc1ccc(-c2noc(CBr)n2)cc1.NC(=O)c1cc(O)ccc1F. The van der Waals surface area contributed by atoms with Crippen molar-refractivity contribution in [1.82, 2.24) is 10.1 Å². The molecule has 1 heterocycles. The third-order valence-corrected chi connectivity index (χ3v) is 3.63. The standard InChI is InChI=1S/C9H6BrClN2O.C7H6FNO2/c10-5-8-12-9(13-14-8)6-1-3-7(11)4-2-6;8-6-2-1-4(10)3-5(6)7(9)11/h1-4H,5H2;1-3,10H,(H2,9,11). The maximum absolute atomic E-state index is 12.6. The summed E-state index contributed by atoms with van der Waals surface area (Å²) in [5.41, 5.74) is 5.39. The summed E-state index contributed by atoms with van der Waals surface area (Å²) in [5, 5.41) is 13.9. The zero-order valence-corrected chi connectivity index (χ0v) is 15.0. The molecule has 6 nitrogen and oxygen atoms in total. The highest BCUT2D eigenvalue weighted by molar-refractivity contribution is 9.08. The largest absolute Gasteiger partial charge is 0.508 e. The summed E-state index contributed by atoms with van der Waals surface area (Å²) in [6.45, 7) is 0. The number of carbonyl (C=O) groups excluding carboxylic acids is 1. The van der Waals surface area contributed by atoms with E-state index in [1.807, 2.05) is 12.1 Å². The highest BCUT2D eigenvalue weighted by atomic mass is 79.9. The monoisotopic (exact) mass is 427 g/mol. The maximum Gasteiger partial charge on any atom is 0.251 e. The fraction of sp³-hybridized carbons (Fsp3) is 0.0625. The Kier molecular flexibility index (Phi) is 6.49. The molecule has 130 valence electrons. The lowest BCUT2D eigenvalue weighted by Gasteiger charge is -1.97. The van der Waals surface area contributed by atoms with Crippen LogP contribution in [0.1, 0.15) is 16.2 Å². The number of amides is 1. The fourth-order valence-electron chi connectivity index (χ4n) is 1.73. The summed E-state index contributed by atoms with van der Waals surface area (Å²) < 4.78 is 17.6. The van der Waals surface area contributed by atoms with Gasteiger partial charge in [0.2, 0.25) is 11.7 Å². The number of aromatic hydroxyl groups is 1. The number of nitrogens with zero attached hydrogens (tertiary/aromatic N) is 2. The number of primary amides is 1. The Morgan fingerprint density at radius 2 is 1.96 bits per heavy atom. The average molecular weight is 429 g/mol. The molecule has 1 amide bonds. The lowest BCUT2D eigenvalue weighted by Crippen LogP contribution is -2.12. The van der Waals surface area contributed by atoms with E-state index in [0.29, 0.717) is 22.1 Å². The zero-order chi connectivity index (χ0) is 18.4. The Balaban J connectivity index is 0.000000186. The van der Waals surface area contributed by atoms with Crippen LogP contribution in [-0.2, 0) is 5.33 Å². The van der Waals surface area contributed by atoms with Crippen LogP contribution in [-0.4, -0.2) is 21.2 Å². The first-order valence-electron chi connectivity index (χ1n) is 6.83. The number of nitrogens with two attached hydrogens (primary N) is 1. The van der Waals surface area contributed by atoms with Gasteiger partial charge < -0.3 is 15.4 Å². The Hall–Kier alpha value is -2.45. The number of alkyl halides is 1. The molecule has 0 saturated heterocycles. The molecule has 0 spiro atoms. The van der Waals surface area contributed by atoms with E-state index >= 15 is 0 Å². The number of benzene rings is 2. The molecule has 0 aliphatic heterocycles. The molecule has 25 heavy (non-hydrogen) atoms. The van der Waals surface area contributed by atoms with E-state index in [0.717, 1.165) is 23.8 Å². The van der Waals surface area contributed by atoms with Gasteiger partial charge in [-0.25, -0.2) is 4.39 Å². The van der Waals surface area contributed by atoms with Crippen LogP contribution in [0, 0.1) is 5.82 Å². The molecule has 9 heteroatoms. The fourth-order valence-corrected chi connectivity index (χ4v) is 2.08. The van der Waals surface area contributed by atoms with Crippen molar-refractivity contribution in [2.24, 2.45) is 5.73 Å². The lowest BCUT2D eigenvalue weighted by molar-refractivity contribution is 0.0996. The minimum absolute atomic E-state index is 0.180. The third-order valence-electron chi connectivity index (χ3n) is 2.90. The Morgan fingerprint density at radius 1 is 1.28 bits per heavy atom. The van der Waals surface area contributed by atoms with Gasteiger partial charge in [-0.15, -0.1) is 0 Å². The molecule has 3 N–H and O–H groups in total. The second-order valence-corrected chi connectivity index (χ2v) is 5.68. The molecule has 0 bridgehead atoms. The highest BCUT2D eigenvalue weighted by Gasteiger charge is 2.08. The van der Waals surface area contributed by atoms with Crippen molar-refractivity contribution in [3.8, 4) is 17.1 Å². The van der Waals surface area contributed by atoms with E-state index < -0.39 is 11.7 Å². The Morgan fingerprint density at radius 3 is 2.48 bits per heavy atom.